The van der Waals surface area contributed by atoms with E-state index in [0.717, 1.165) is 13.0 Å². The minimum absolute atomic E-state index is 0.0283. The zero-order valence-electron chi connectivity index (χ0n) is 21.7. The molecule has 4 rings (SSSR count). The third-order valence-corrected chi connectivity index (χ3v) is 8.35. The lowest BCUT2D eigenvalue weighted by Crippen LogP contribution is -2.85. The number of benzene rings is 1. The van der Waals surface area contributed by atoms with Crippen LogP contribution in [0.3, 0.4) is 0 Å². The molecule has 3 aliphatic carbocycles. The highest BCUT2D eigenvalue weighted by Crippen LogP contribution is 2.56. The van der Waals surface area contributed by atoms with Crippen molar-refractivity contribution >= 4 is 40.6 Å². The van der Waals surface area contributed by atoms with Crippen molar-refractivity contribution in [1.29, 1.82) is 5.26 Å². The highest BCUT2D eigenvalue weighted by molar-refractivity contribution is 6.33. The maximum atomic E-state index is 14.3. The van der Waals surface area contributed by atoms with Crippen molar-refractivity contribution in [3.8, 4) is 11.8 Å². The topological polar surface area (TPSA) is 245 Å². The molecule has 1 amide bonds. The molecule has 0 bridgehead atoms. The van der Waals surface area contributed by atoms with Crippen molar-refractivity contribution in [3.05, 3.63) is 28.3 Å². The van der Waals surface area contributed by atoms with E-state index >= 15 is 0 Å². The van der Waals surface area contributed by atoms with Crippen LogP contribution < -0.4 is 17.2 Å². The molecule has 0 aliphatic heterocycles. The first-order chi connectivity index (χ1) is 17.9. The Labute approximate surface area is 222 Å². The molecule has 0 spiro atoms. The van der Waals surface area contributed by atoms with E-state index in [4.69, 9.17) is 17.2 Å². The van der Waals surface area contributed by atoms with Crippen LogP contribution in [0.25, 0.3) is 0 Å². The number of Topliss-reactive ketones (excluding diaryl/α,β-unsaturated/α-hetero) is 6. The maximum Gasteiger partial charge on any atom is 0.235 e. The number of nitrogens with zero attached hydrogens (tertiary/aromatic N) is 2. The first kappa shape index (κ1) is 27.9. The van der Waals surface area contributed by atoms with E-state index < -0.39 is 99.1 Å². The monoisotopic (exact) mass is 537 g/mol. The van der Waals surface area contributed by atoms with Crippen molar-refractivity contribution in [2.75, 3.05) is 14.1 Å². The second-order valence-corrected chi connectivity index (χ2v) is 10.9. The lowest BCUT2D eigenvalue weighted by Gasteiger charge is -2.60. The van der Waals surface area contributed by atoms with E-state index in [1.165, 1.54) is 25.9 Å². The standard InChI is InChI=1S/C26H27N5O8/c1-9(32)11-5-12(10(2)33)17(34)14-13(11)6-24(29)7-26(30)20(31(3)4)19(36)15(23(28)39)21(37)25(26,8-27)22(38)16(24)18(14)35/h5,15-16,20,34H,6-7,29-30H2,1-4H3,(H2,28,39)/t15?,16?,20-,24-,25+,26-/m1/s1. The van der Waals surface area contributed by atoms with Crippen LogP contribution in [0.5, 0.6) is 5.75 Å². The predicted octanol–water partition coefficient (Wildman–Crippen LogP) is -1.79. The summed E-state index contributed by atoms with van der Waals surface area (Å²) in [5.41, 5.74) is 10.7. The van der Waals surface area contributed by atoms with E-state index in [-0.39, 0.29) is 16.7 Å². The van der Waals surface area contributed by atoms with Crippen LogP contribution in [0.2, 0.25) is 0 Å². The minimum Gasteiger partial charge on any atom is -0.506 e. The van der Waals surface area contributed by atoms with Gasteiger partial charge in [0.1, 0.15) is 11.7 Å². The number of amides is 1. The van der Waals surface area contributed by atoms with Gasteiger partial charge in [-0.15, -0.1) is 0 Å². The maximum absolute atomic E-state index is 14.3. The van der Waals surface area contributed by atoms with Gasteiger partial charge < -0.3 is 22.3 Å². The Morgan fingerprint density at radius 1 is 1.05 bits per heavy atom. The van der Waals surface area contributed by atoms with Crippen molar-refractivity contribution in [1.82, 2.24) is 4.90 Å². The summed E-state index contributed by atoms with van der Waals surface area (Å²) in [6.07, 6.45) is -0.999. The van der Waals surface area contributed by atoms with E-state index in [1.807, 2.05) is 0 Å². The fraction of sp³-hybridized carbons (Fsp3) is 0.462. The third kappa shape index (κ3) is 3.25. The first-order valence-electron chi connectivity index (χ1n) is 11.9. The second kappa shape index (κ2) is 8.44. The van der Waals surface area contributed by atoms with Crippen molar-refractivity contribution < 1.29 is 38.7 Å². The Bertz CT molecular complexity index is 1490. The average Bonchev–Trinajstić information content (AvgIpc) is 2.77. The molecule has 39 heavy (non-hydrogen) atoms. The van der Waals surface area contributed by atoms with Crippen LogP contribution in [0.1, 0.15) is 56.9 Å². The Morgan fingerprint density at radius 3 is 2.08 bits per heavy atom. The lowest BCUT2D eigenvalue weighted by atomic mass is 9.42. The number of nitrogens with two attached hydrogens (primary N) is 3. The molecule has 0 saturated heterocycles. The van der Waals surface area contributed by atoms with E-state index in [2.05, 4.69) is 0 Å². The zero-order valence-corrected chi connectivity index (χ0v) is 21.7. The number of rotatable bonds is 4. The number of ketones is 6. The molecule has 2 unspecified atom stereocenters. The fourth-order valence-electron chi connectivity index (χ4n) is 6.86. The number of hydrogen-bond acceptors (Lipinski definition) is 12. The molecule has 0 heterocycles. The van der Waals surface area contributed by atoms with Crippen LogP contribution in [-0.2, 0) is 25.6 Å². The van der Waals surface area contributed by atoms with Crippen LogP contribution >= 0.6 is 0 Å². The average molecular weight is 538 g/mol. The molecule has 0 aromatic heterocycles. The SMILES string of the molecule is CC(=O)c1cc(C(C)=O)c2c(c1O)C(=O)C1C(=O)[C@]3(C#N)C(=O)C(C(N)=O)C(=O)[C@@H](N(C)C)[C@]3(N)C[C@]1(N)C2. The van der Waals surface area contributed by atoms with Gasteiger partial charge in [0.25, 0.3) is 0 Å². The summed E-state index contributed by atoms with van der Waals surface area (Å²) in [4.78, 5) is 93.5. The summed E-state index contributed by atoms with van der Waals surface area (Å²) in [5, 5.41) is 21.3. The smallest absolute Gasteiger partial charge is 0.235 e. The van der Waals surface area contributed by atoms with Gasteiger partial charge in [-0.05, 0) is 52.4 Å². The van der Waals surface area contributed by atoms with Crippen LogP contribution in [0, 0.1) is 28.6 Å². The molecule has 13 heteroatoms. The molecule has 1 aromatic carbocycles. The number of likely N-dealkylation sites (N-methyl/N-ethyl adjacent to an activating group) is 1. The number of phenolic OH excluding ortho intramolecular Hbond substituents is 1. The summed E-state index contributed by atoms with van der Waals surface area (Å²) in [6, 6.07) is 1.20. The quantitative estimate of drug-likeness (QED) is 0.246. The third-order valence-electron chi connectivity index (χ3n) is 8.35. The first-order valence-corrected chi connectivity index (χ1v) is 11.9. The summed E-state index contributed by atoms with van der Waals surface area (Å²) < 4.78 is 0. The summed E-state index contributed by atoms with van der Waals surface area (Å²) in [7, 11) is 2.78. The van der Waals surface area contributed by atoms with Gasteiger partial charge >= 0.3 is 0 Å². The highest BCUT2D eigenvalue weighted by Gasteiger charge is 2.78. The number of fused-ring (bicyclic) bond motifs is 3. The van der Waals surface area contributed by atoms with Gasteiger partial charge in [-0.1, -0.05) is 0 Å². The number of hydrogen-bond donors (Lipinski definition) is 4. The summed E-state index contributed by atoms with van der Waals surface area (Å²) in [6.45, 7) is 2.28. The van der Waals surface area contributed by atoms with Gasteiger partial charge in [0.05, 0.1) is 28.8 Å². The molecule has 7 N–H and O–H groups in total. The molecular formula is C26H27N5O8. The van der Waals surface area contributed by atoms with E-state index in [9.17, 15) is 43.9 Å². The molecule has 2 saturated carbocycles. The van der Waals surface area contributed by atoms with Gasteiger partial charge in [0.2, 0.25) is 5.91 Å². The highest BCUT2D eigenvalue weighted by atomic mass is 16.3. The van der Waals surface area contributed by atoms with Gasteiger partial charge in [0, 0.05) is 11.1 Å². The Balaban J connectivity index is 2.08. The second-order valence-electron chi connectivity index (χ2n) is 10.9. The fourth-order valence-corrected chi connectivity index (χ4v) is 6.86. The summed E-state index contributed by atoms with van der Waals surface area (Å²) in [5.74, 6) is -12.4. The minimum atomic E-state index is -2.88. The van der Waals surface area contributed by atoms with Crippen LogP contribution in [0.15, 0.2) is 6.07 Å². The lowest BCUT2D eigenvalue weighted by molar-refractivity contribution is -0.166. The Hall–Kier alpha value is -4.12. The molecule has 2 fully saturated rings. The predicted molar refractivity (Wildman–Crippen MR) is 131 cm³/mol. The van der Waals surface area contributed by atoms with Crippen molar-refractivity contribution in [3.63, 3.8) is 0 Å². The number of carbonyl (C=O) groups excluding carboxylic acids is 7. The summed E-state index contributed by atoms with van der Waals surface area (Å²) >= 11 is 0. The normalized spacial score (nSPS) is 33.6. The number of primary amides is 1. The number of carbonyl (C=O) groups is 7. The molecule has 0 radical (unpaired) electrons. The Kier molecular flexibility index (Phi) is 6.04. The zero-order chi connectivity index (χ0) is 29.6. The van der Waals surface area contributed by atoms with Gasteiger partial charge in [0.15, 0.2) is 46.0 Å². The van der Waals surface area contributed by atoms with Crippen molar-refractivity contribution in [2.45, 2.75) is 43.8 Å². The van der Waals surface area contributed by atoms with Crippen LogP contribution in [-0.4, -0.2) is 81.8 Å². The Morgan fingerprint density at radius 2 is 1.62 bits per heavy atom. The van der Waals surface area contributed by atoms with Gasteiger partial charge in [-0.25, -0.2) is 0 Å². The van der Waals surface area contributed by atoms with Crippen LogP contribution in [0.4, 0.5) is 0 Å². The molecule has 13 nitrogen and oxygen atoms in total. The molecule has 204 valence electrons. The van der Waals surface area contributed by atoms with Gasteiger partial charge in [-0.2, -0.15) is 5.26 Å². The molecule has 6 atom stereocenters. The van der Waals surface area contributed by atoms with E-state index in [1.54, 1.807) is 6.07 Å². The number of phenols is 1. The molecule has 3 aliphatic rings. The number of nitriles is 1. The molecule has 1 aromatic rings. The largest absolute Gasteiger partial charge is 0.506 e. The van der Waals surface area contributed by atoms with Crippen molar-refractivity contribution in [2.24, 2.45) is 34.5 Å². The van der Waals surface area contributed by atoms with E-state index in [0.29, 0.717) is 0 Å². The number of aromatic hydroxyl groups is 1. The molecular weight excluding hydrogens is 510 g/mol. The van der Waals surface area contributed by atoms with Gasteiger partial charge in [-0.3, -0.25) is 38.5 Å².